The normalized spacial score (nSPS) is 26.7. The van der Waals surface area contributed by atoms with E-state index in [4.69, 9.17) is 4.74 Å². The number of ether oxygens (including phenoxy) is 1. The summed E-state index contributed by atoms with van der Waals surface area (Å²) in [6.45, 7) is 2.10. The molecule has 0 N–H and O–H groups in total. The number of hydrogen-bond acceptors (Lipinski definition) is 1. The topological polar surface area (TPSA) is 9.23 Å². The molecule has 0 aromatic carbocycles. The third-order valence-electron chi connectivity index (χ3n) is 2.10. The van der Waals surface area contributed by atoms with Gasteiger partial charge in [-0.05, 0) is 37.5 Å². The molecule has 0 aromatic heterocycles. The highest BCUT2D eigenvalue weighted by Gasteiger charge is 2.24. The van der Waals surface area contributed by atoms with Crippen LogP contribution in [0.25, 0.3) is 0 Å². The van der Waals surface area contributed by atoms with Crippen LogP contribution >= 0.6 is 0 Å². The second-order valence-corrected chi connectivity index (χ2v) is 3.42. The lowest BCUT2D eigenvalue weighted by Gasteiger charge is -1.98. The van der Waals surface area contributed by atoms with Crippen molar-refractivity contribution in [1.29, 1.82) is 0 Å². The molecule has 2 fully saturated rings. The molecule has 1 nitrogen and oxygen atoms in total. The average molecular weight is 126 g/mol. The van der Waals surface area contributed by atoms with Crippen molar-refractivity contribution in [3.63, 3.8) is 0 Å². The van der Waals surface area contributed by atoms with Gasteiger partial charge in [0.25, 0.3) is 0 Å². The summed E-state index contributed by atoms with van der Waals surface area (Å²) in [7, 11) is 0. The molecule has 0 saturated heterocycles. The van der Waals surface area contributed by atoms with Crippen LogP contribution in [-0.2, 0) is 4.74 Å². The summed E-state index contributed by atoms with van der Waals surface area (Å²) in [6, 6.07) is 0. The largest absolute Gasteiger partial charge is 0.381 e. The minimum atomic E-state index is 0.948. The molecule has 0 atom stereocenters. The monoisotopic (exact) mass is 126 g/mol. The first-order valence-corrected chi connectivity index (χ1v) is 4.03. The van der Waals surface area contributed by atoms with Gasteiger partial charge in [-0.2, -0.15) is 0 Å². The van der Waals surface area contributed by atoms with Crippen LogP contribution in [0.4, 0.5) is 0 Å². The van der Waals surface area contributed by atoms with Crippen LogP contribution < -0.4 is 0 Å². The van der Waals surface area contributed by atoms with Gasteiger partial charge in [-0.15, -0.1) is 0 Å². The Morgan fingerprint density at radius 3 is 1.67 bits per heavy atom. The molecule has 1 heteroatoms. The maximum absolute atomic E-state index is 5.48. The minimum Gasteiger partial charge on any atom is -0.381 e. The van der Waals surface area contributed by atoms with Gasteiger partial charge in [-0.1, -0.05) is 0 Å². The fraction of sp³-hybridized carbons (Fsp3) is 1.00. The standard InChI is InChI=1S/C8H14O/c1-2-7(1)5-9-6-8-3-4-8/h7-8H,1-6H2. The van der Waals surface area contributed by atoms with Crippen molar-refractivity contribution in [3.05, 3.63) is 0 Å². The summed E-state index contributed by atoms with van der Waals surface area (Å²) < 4.78 is 5.48. The van der Waals surface area contributed by atoms with Crippen LogP contribution in [0.1, 0.15) is 25.7 Å². The van der Waals surface area contributed by atoms with Crippen molar-refractivity contribution < 1.29 is 4.74 Å². The molecule has 0 spiro atoms. The van der Waals surface area contributed by atoms with Crippen LogP contribution in [0, 0.1) is 11.8 Å². The van der Waals surface area contributed by atoms with E-state index in [2.05, 4.69) is 0 Å². The predicted molar refractivity (Wildman–Crippen MR) is 36.3 cm³/mol. The molecular weight excluding hydrogens is 112 g/mol. The molecule has 0 radical (unpaired) electrons. The van der Waals surface area contributed by atoms with E-state index >= 15 is 0 Å². The lowest BCUT2D eigenvalue weighted by atomic mass is 10.4. The lowest BCUT2D eigenvalue weighted by Crippen LogP contribution is -1.99. The van der Waals surface area contributed by atoms with Crippen molar-refractivity contribution in [1.82, 2.24) is 0 Å². The lowest BCUT2D eigenvalue weighted by molar-refractivity contribution is 0.115. The van der Waals surface area contributed by atoms with Gasteiger partial charge in [-0.3, -0.25) is 0 Å². The smallest absolute Gasteiger partial charge is 0.0494 e. The molecule has 0 aromatic rings. The van der Waals surface area contributed by atoms with Crippen molar-refractivity contribution >= 4 is 0 Å². The molecule has 2 aliphatic carbocycles. The van der Waals surface area contributed by atoms with Crippen LogP contribution in [0.15, 0.2) is 0 Å². The fourth-order valence-corrected chi connectivity index (χ4v) is 0.970. The zero-order chi connectivity index (χ0) is 6.10. The summed E-state index contributed by atoms with van der Waals surface area (Å²) >= 11 is 0. The highest BCUT2D eigenvalue weighted by Crippen LogP contribution is 2.32. The molecule has 52 valence electrons. The third-order valence-corrected chi connectivity index (χ3v) is 2.10. The molecule has 0 unspecified atom stereocenters. The maximum Gasteiger partial charge on any atom is 0.0494 e. The van der Waals surface area contributed by atoms with Gasteiger partial charge in [0.1, 0.15) is 0 Å². The van der Waals surface area contributed by atoms with Gasteiger partial charge in [0.15, 0.2) is 0 Å². The number of rotatable bonds is 4. The van der Waals surface area contributed by atoms with Gasteiger partial charge in [0.05, 0.1) is 0 Å². The molecule has 2 aliphatic rings. The van der Waals surface area contributed by atoms with Crippen LogP contribution in [0.3, 0.4) is 0 Å². The second kappa shape index (κ2) is 2.30. The molecule has 0 heterocycles. The summed E-state index contributed by atoms with van der Waals surface area (Å²) in [5.74, 6) is 1.90. The van der Waals surface area contributed by atoms with E-state index in [1.165, 1.54) is 25.7 Å². The van der Waals surface area contributed by atoms with Crippen LogP contribution in [-0.4, -0.2) is 13.2 Å². The van der Waals surface area contributed by atoms with Crippen LogP contribution in [0.5, 0.6) is 0 Å². The van der Waals surface area contributed by atoms with Gasteiger partial charge < -0.3 is 4.74 Å². The first-order chi connectivity index (χ1) is 4.45. The van der Waals surface area contributed by atoms with Crippen molar-refractivity contribution in [2.45, 2.75) is 25.7 Å². The summed E-state index contributed by atoms with van der Waals surface area (Å²) in [5, 5.41) is 0. The molecule has 2 rings (SSSR count). The van der Waals surface area contributed by atoms with E-state index in [1.807, 2.05) is 0 Å². The zero-order valence-electron chi connectivity index (χ0n) is 5.81. The quantitative estimate of drug-likeness (QED) is 0.558. The van der Waals surface area contributed by atoms with E-state index in [1.54, 1.807) is 0 Å². The van der Waals surface area contributed by atoms with E-state index in [0.29, 0.717) is 0 Å². The Hall–Kier alpha value is -0.0400. The zero-order valence-corrected chi connectivity index (χ0v) is 5.81. The van der Waals surface area contributed by atoms with Crippen LogP contribution in [0.2, 0.25) is 0 Å². The third kappa shape index (κ3) is 1.98. The highest BCUT2D eigenvalue weighted by atomic mass is 16.5. The van der Waals surface area contributed by atoms with Crippen molar-refractivity contribution in [2.24, 2.45) is 11.8 Å². The Balaban J connectivity index is 1.46. The average Bonchev–Trinajstić information content (AvgIpc) is 2.57. The van der Waals surface area contributed by atoms with Gasteiger partial charge in [-0.25, -0.2) is 0 Å². The van der Waals surface area contributed by atoms with Gasteiger partial charge in [0.2, 0.25) is 0 Å². The number of hydrogen-bond donors (Lipinski definition) is 0. The molecular formula is C8H14O. The predicted octanol–water partition coefficient (Wildman–Crippen LogP) is 1.82. The van der Waals surface area contributed by atoms with E-state index in [-0.39, 0.29) is 0 Å². The Kier molecular flexibility index (Phi) is 1.46. The first-order valence-electron chi connectivity index (χ1n) is 4.03. The molecule has 0 bridgehead atoms. The van der Waals surface area contributed by atoms with E-state index < -0.39 is 0 Å². The van der Waals surface area contributed by atoms with E-state index in [0.717, 1.165) is 25.0 Å². The van der Waals surface area contributed by atoms with Gasteiger partial charge >= 0.3 is 0 Å². The molecule has 0 aliphatic heterocycles. The van der Waals surface area contributed by atoms with Crippen molar-refractivity contribution in [2.75, 3.05) is 13.2 Å². The molecule has 0 amide bonds. The summed E-state index contributed by atoms with van der Waals surface area (Å²) in [4.78, 5) is 0. The Morgan fingerprint density at radius 2 is 1.33 bits per heavy atom. The van der Waals surface area contributed by atoms with E-state index in [9.17, 15) is 0 Å². The minimum absolute atomic E-state index is 0.948. The highest BCUT2D eigenvalue weighted by molar-refractivity contribution is 4.75. The van der Waals surface area contributed by atoms with Gasteiger partial charge in [0, 0.05) is 13.2 Å². The maximum atomic E-state index is 5.48. The Labute approximate surface area is 56.4 Å². The fourth-order valence-electron chi connectivity index (χ4n) is 0.970. The Morgan fingerprint density at radius 1 is 0.889 bits per heavy atom. The molecule has 2 saturated carbocycles. The second-order valence-electron chi connectivity index (χ2n) is 3.42. The molecule has 9 heavy (non-hydrogen) atoms. The van der Waals surface area contributed by atoms with Crippen molar-refractivity contribution in [3.8, 4) is 0 Å². The summed E-state index contributed by atoms with van der Waals surface area (Å²) in [5.41, 5.74) is 0. The Bertz CT molecular complexity index is 80.7. The first kappa shape index (κ1) is 5.72. The summed E-state index contributed by atoms with van der Waals surface area (Å²) in [6.07, 6.45) is 5.69. The SMILES string of the molecule is C1CC1COCC1CC1.